The van der Waals surface area contributed by atoms with Gasteiger partial charge in [-0.3, -0.25) is 4.79 Å². The summed E-state index contributed by atoms with van der Waals surface area (Å²) in [5.74, 6) is 1.32. The second-order valence-corrected chi connectivity index (χ2v) is 6.99. The van der Waals surface area contributed by atoms with Crippen LogP contribution in [0, 0.1) is 0 Å². The van der Waals surface area contributed by atoms with E-state index in [1.165, 1.54) is 4.90 Å². The number of ether oxygens (including phenoxy) is 2. The maximum atomic E-state index is 12.4. The number of hydrogen-bond acceptors (Lipinski definition) is 7. The molecule has 2 amide bonds. The van der Waals surface area contributed by atoms with Gasteiger partial charge in [0, 0.05) is 25.7 Å². The van der Waals surface area contributed by atoms with Crippen LogP contribution < -0.4 is 10.1 Å². The summed E-state index contributed by atoms with van der Waals surface area (Å²) < 4.78 is 15.7. The van der Waals surface area contributed by atoms with Gasteiger partial charge in [0.1, 0.15) is 5.75 Å². The minimum Gasteiger partial charge on any atom is -0.484 e. The van der Waals surface area contributed by atoms with Gasteiger partial charge in [-0.05, 0) is 36.8 Å². The molecule has 0 aliphatic carbocycles. The Kier molecular flexibility index (Phi) is 8.19. The molecule has 32 heavy (non-hydrogen) atoms. The van der Waals surface area contributed by atoms with Gasteiger partial charge in [0.05, 0.1) is 13.0 Å². The number of aromatic nitrogens is 2. The number of anilines is 1. The number of benzene rings is 2. The van der Waals surface area contributed by atoms with Crippen LogP contribution in [0.15, 0.2) is 59.1 Å². The molecule has 2 aromatic carbocycles. The summed E-state index contributed by atoms with van der Waals surface area (Å²) in [6.45, 7) is 2.71. The quantitative estimate of drug-likeness (QED) is 0.483. The minimum atomic E-state index is -0.278. The van der Waals surface area contributed by atoms with E-state index in [-0.39, 0.29) is 25.0 Å². The molecular weight excluding hydrogens is 412 g/mol. The molecule has 0 radical (unpaired) electrons. The summed E-state index contributed by atoms with van der Waals surface area (Å²) in [5, 5.41) is 6.74. The van der Waals surface area contributed by atoms with E-state index in [0.717, 1.165) is 11.3 Å². The molecule has 0 saturated heterocycles. The lowest BCUT2D eigenvalue weighted by Crippen LogP contribution is -2.33. The molecule has 0 aliphatic heterocycles. The summed E-state index contributed by atoms with van der Waals surface area (Å²) in [6, 6.07) is 16.2. The van der Waals surface area contributed by atoms with E-state index in [1.807, 2.05) is 30.3 Å². The minimum absolute atomic E-state index is 0.180. The number of likely N-dealkylation sites (N-methyl/N-ethyl adjacent to an activating group) is 1. The van der Waals surface area contributed by atoms with Crippen LogP contribution in [-0.2, 0) is 29.0 Å². The molecule has 0 unspecified atom stereocenters. The molecule has 3 aromatic rings. The Hall–Kier alpha value is -3.88. The van der Waals surface area contributed by atoms with Crippen LogP contribution in [0.3, 0.4) is 0 Å². The Morgan fingerprint density at radius 3 is 2.56 bits per heavy atom. The Morgan fingerprint density at radius 1 is 1.09 bits per heavy atom. The zero-order valence-electron chi connectivity index (χ0n) is 18.1. The first-order chi connectivity index (χ1) is 15.5. The lowest BCUT2D eigenvalue weighted by molar-refractivity contribution is -0.142. The van der Waals surface area contributed by atoms with E-state index in [4.69, 9.17) is 14.0 Å². The second-order valence-electron chi connectivity index (χ2n) is 6.99. The van der Waals surface area contributed by atoms with Crippen molar-refractivity contribution in [2.45, 2.75) is 26.4 Å². The summed E-state index contributed by atoms with van der Waals surface area (Å²) in [5.41, 5.74) is 1.45. The summed E-state index contributed by atoms with van der Waals surface area (Å²) in [7, 11) is 1.68. The van der Waals surface area contributed by atoms with E-state index in [9.17, 15) is 9.59 Å². The lowest BCUT2D eigenvalue weighted by atomic mass is 10.1. The van der Waals surface area contributed by atoms with Crippen LogP contribution in [0.1, 0.15) is 24.2 Å². The molecule has 1 heterocycles. The number of para-hydroxylation sites is 1. The number of amides is 2. The van der Waals surface area contributed by atoms with Crippen LogP contribution in [0.2, 0.25) is 0 Å². The van der Waals surface area contributed by atoms with Crippen molar-refractivity contribution < 1.29 is 23.6 Å². The highest BCUT2D eigenvalue weighted by molar-refractivity contribution is 5.89. The average molecular weight is 438 g/mol. The smallest absolute Gasteiger partial charge is 0.321 e. The largest absolute Gasteiger partial charge is 0.484 e. The molecule has 1 aromatic heterocycles. The van der Waals surface area contributed by atoms with Crippen molar-refractivity contribution in [1.82, 2.24) is 15.0 Å². The summed E-state index contributed by atoms with van der Waals surface area (Å²) in [6.07, 6.45) is 0.641. The van der Waals surface area contributed by atoms with Gasteiger partial charge >= 0.3 is 12.0 Å². The molecule has 9 nitrogen and oxygen atoms in total. The summed E-state index contributed by atoms with van der Waals surface area (Å²) in [4.78, 5) is 29.8. The van der Waals surface area contributed by atoms with Crippen LogP contribution in [0.5, 0.6) is 5.75 Å². The first-order valence-electron chi connectivity index (χ1n) is 10.3. The SMILES string of the molecule is CCOC(=O)Cc1ccc(NC(=O)N(C)CCc2noc(COc3ccccc3)n2)cc1. The molecule has 1 N–H and O–H groups in total. The molecule has 168 valence electrons. The van der Waals surface area contributed by atoms with E-state index in [1.54, 1.807) is 38.2 Å². The third-order valence-electron chi connectivity index (χ3n) is 4.49. The van der Waals surface area contributed by atoms with Crippen LogP contribution in [0.4, 0.5) is 10.5 Å². The Labute approximate surface area is 186 Å². The average Bonchev–Trinajstić information content (AvgIpc) is 3.26. The molecule has 9 heteroatoms. The van der Waals surface area contributed by atoms with Gasteiger partial charge in [-0.1, -0.05) is 35.5 Å². The topological polar surface area (TPSA) is 107 Å². The van der Waals surface area contributed by atoms with E-state index >= 15 is 0 Å². The van der Waals surface area contributed by atoms with Crippen LogP contribution in [-0.4, -0.2) is 47.2 Å². The maximum absolute atomic E-state index is 12.4. The number of carbonyl (C=O) groups is 2. The number of esters is 1. The fraction of sp³-hybridized carbons (Fsp3) is 0.304. The Morgan fingerprint density at radius 2 is 1.84 bits per heavy atom. The molecule has 0 spiro atoms. The summed E-state index contributed by atoms with van der Waals surface area (Å²) >= 11 is 0. The number of urea groups is 1. The molecule has 0 bridgehead atoms. The Balaban J connectivity index is 1.42. The molecule has 3 rings (SSSR count). The van der Waals surface area contributed by atoms with Crippen molar-refractivity contribution in [2.75, 3.05) is 25.5 Å². The molecule has 0 atom stereocenters. The third kappa shape index (κ3) is 7.12. The van der Waals surface area contributed by atoms with Crippen LogP contribution >= 0.6 is 0 Å². The maximum Gasteiger partial charge on any atom is 0.321 e. The fourth-order valence-corrected chi connectivity index (χ4v) is 2.78. The number of carbonyl (C=O) groups excluding carboxylic acids is 2. The number of rotatable bonds is 10. The monoisotopic (exact) mass is 438 g/mol. The second kappa shape index (κ2) is 11.5. The van der Waals surface area contributed by atoms with Gasteiger partial charge in [-0.15, -0.1) is 0 Å². The lowest BCUT2D eigenvalue weighted by Gasteiger charge is -2.17. The van der Waals surface area contributed by atoms with Crippen molar-refractivity contribution in [1.29, 1.82) is 0 Å². The normalized spacial score (nSPS) is 10.4. The third-order valence-corrected chi connectivity index (χ3v) is 4.49. The molecule has 0 fully saturated rings. The van der Waals surface area contributed by atoms with Gasteiger partial charge < -0.3 is 24.2 Å². The predicted octanol–water partition coefficient (Wildman–Crippen LogP) is 3.46. The van der Waals surface area contributed by atoms with Crippen LogP contribution in [0.25, 0.3) is 0 Å². The number of hydrogen-bond donors (Lipinski definition) is 1. The zero-order chi connectivity index (χ0) is 22.8. The van der Waals surface area contributed by atoms with E-state index < -0.39 is 0 Å². The number of nitrogens with one attached hydrogen (secondary N) is 1. The molecule has 0 aliphatic rings. The standard InChI is InChI=1S/C23H26N4O5/c1-3-30-22(28)15-17-9-11-18(12-10-17)24-23(29)27(2)14-13-20-25-21(32-26-20)16-31-19-7-5-4-6-8-19/h4-12H,3,13-16H2,1-2H3,(H,24,29). The van der Waals surface area contributed by atoms with E-state index in [2.05, 4.69) is 15.5 Å². The highest BCUT2D eigenvalue weighted by Crippen LogP contribution is 2.12. The van der Waals surface area contributed by atoms with Gasteiger partial charge in [0.25, 0.3) is 5.89 Å². The van der Waals surface area contributed by atoms with Crippen molar-refractivity contribution in [3.05, 3.63) is 71.9 Å². The predicted molar refractivity (Wildman–Crippen MR) is 117 cm³/mol. The highest BCUT2D eigenvalue weighted by atomic mass is 16.5. The van der Waals surface area contributed by atoms with Crippen molar-refractivity contribution in [2.24, 2.45) is 0 Å². The highest BCUT2D eigenvalue weighted by Gasteiger charge is 2.13. The van der Waals surface area contributed by atoms with Crippen molar-refractivity contribution >= 4 is 17.7 Å². The van der Waals surface area contributed by atoms with Crippen molar-refractivity contribution in [3.8, 4) is 5.75 Å². The van der Waals surface area contributed by atoms with Gasteiger partial charge in [0.15, 0.2) is 12.4 Å². The van der Waals surface area contributed by atoms with Gasteiger partial charge in [-0.25, -0.2) is 4.79 Å². The van der Waals surface area contributed by atoms with Crippen molar-refractivity contribution in [3.63, 3.8) is 0 Å². The Bertz CT molecular complexity index is 1000. The zero-order valence-corrected chi connectivity index (χ0v) is 18.1. The fourth-order valence-electron chi connectivity index (χ4n) is 2.78. The first-order valence-corrected chi connectivity index (χ1v) is 10.3. The first kappa shape index (κ1) is 22.8. The van der Waals surface area contributed by atoms with E-state index in [0.29, 0.717) is 37.0 Å². The molecular formula is C23H26N4O5. The number of nitrogens with zero attached hydrogens (tertiary/aromatic N) is 3. The van der Waals surface area contributed by atoms with Gasteiger partial charge in [-0.2, -0.15) is 4.98 Å². The van der Waals surface area contributed by atoms with Gasteiger partial charge in [0.2, 0.25) is 0 Å². The molecule has 0 saturated carbocycles.